The number of alkyl halides is 1. The molecule has 0 spiro atoms. The average Bonchev–Trinajstić information content (AvgIpc) is 2.54. The SMILES string of the molecule is COc1ccc(C(=O)N2c3ccccc3C(N)CC2(C)I)cc1. The smallest absolute Gasteiger partial charge is 0.259 e. The Morgan fingerprint density at radius 1 is 1.26 bits per heavy atom. The zero-order valence-electron chi connectivity index (χ0n) is 13.1. The molecule has 0 saturated heterocycles. The van der Waals surface area contributed by atoms with E-state index in [1.165, 1.54) is 0 Å². The van der Waals surface area contributed by atoms with Crippen molar-refractivity contribution in [3.05, 3.63) is 59.7 Å². The van der Waals surface area contributed by atoms with Gasteiger partial charge in [-0.3, -0.25) is 9.69 Å². The molecule has 0 aliphatic carbocycles. The van der Waals surface area contributed by atoms with Crippen molar-refractivity contribution in [2.24, 2.45) is 5.73 Å². The van der Waals surface area contributed by atoms with Crippen LogP contribution in [0.2, 0.25) is 0 Å². The Morgan fingerprint density at radius 3 is 2.57 bits per heavy atom. The molecular formula is C18H19IN2O2. The topological polar surface area (TPSA) is 55.6 Å². The highest BCUT2D eigenvalue weighted by atomic mass is 127. The zero-order valence-corrected chi connectivity index (χ0v) is 15.3. The number of nitrogens with two attached hydrogens (primary N) is 1. The molecule has 3 rings (SSSR count). The van der Waals surface area contributed by atoms with Crippen LogP contribution in [0.15, 0.2) is 48.5 Å². The summed E-state index contributed by atoms with van der Waals surface area (Å²) in [5.74, 6) is 0.712. The van der Waals surface area contributed by atoms with Gasteiger partial charge in [-0.15, -0.1) is 0 Å². The molecule has 5 heteroatoms. The summed E-state index contributed by atoms with van der Waals surface area (Å²) in [4.78, 5) is 15.0. The third-order valence-electron chi connectivity index (χ3n) is 4.18. The standard InChI is InChI=1S/C18H19IN2O2/c1-18(19)11-15(20)14-5-3-4-6-16(14)21(18)17(22)12-7-9-13(23-2)10-8-12/h3-10,15H,11,20H2,1-2H3. The van der Waals surface area contributed by atoms with Gasteiger partial charge in [0.1, 0.15) is 5.75 Å². The van der Waals surface area contributed by atoms with E-state index < -0.39 is 0 Å². The van der Waals surface area contributed by atoms with E-state index in [1.807, 2.05) is 36.1 Å². The van der Waals surface area contributed by atoms with Crippen LogP contribution in [0, 0.1) is 0 Å². The molecule has 1 aliphatic heterocycles. The molecule has 2 unspecified atom stereocenters. The number of fused-ring (bicyclic) bond motifs is 1. The molecular weight excluding hydrogens is 403 g/mol. The average molecular weight is 422 g/mol. The molecule has 4 nitrogen and oxygen atoms in total. The molecule has 1 aliphatic rings. The van der Waals surface area contributed by atoms with Gasteiger partial charge in [0.05, 0.1) is 16.3 Å². The molecule has 2 aromatic carbocycles. The molecule has 0 aromatic heterocycles. The number of benzene rings is 2. The fourth-order valence-corrected chi connectivity index (χ4v) is 4.00. The molecule has 0 fully saturated rings. The van der Waals surface area contributed by atoms with Crippen molar-refractivity contribution in [2.75, 3.05) is 12.0 Å². The molecule has 1 heterocycles. The van der Waals surface area contributed by atoms with Gasteiger partial charge < -0.3 is 10.5 Å². The van der Waals surface area contributed by atoms with Gasteiger partial charge >= 0.3 is 0 Å². The molecule has 1 amide bonds. The van der Waals surface area contributed by atoms with Crippen molar-refractivity contribution in [2.45, 2.75) is 22.9 Å². The fraction of sp³-hybridized carbons (Fsp3) is 0.278. The second-order valence-electron chi connectivity index (χ2n) is 5.88. The van der Waals surface area contributed by atoms with E-state index in [1.54, 1.807) is 31.4 Å². The highest BCUT2D eigenvalue weighted by molar-refractivity contribution is 14.1. The van der Waals surface area contributed by atoms with Gasteiger partial charge in [0.2, 0.25) is 0 Å². The Bertz CT molecular complexity index is 728. The van der Waals surface area contributed by atoms with Crippen LogP contribution in [0.4, 0.5) is 5.69 Å². The highest BCUT2D eigenvalue weighted by Gasteiger charge is 2.41. The Hall–Kier alpha value is -1.60. The fourth-order valence-electron chi connectivity index (χ4n) is 3.04. The maximum atomic E-state index is 13.1. The number of carbonyl (C=O) groups excluding carboxylic acids is 1. The van der Waals surface area contributed by atoms with Crippen molar-refractivity contribution < 1.29 is 9.53 Å². The lowest BCUT2D eigenvalue weighted by atomic mass is 9.91. The van der Waals surface area contributed by atoms with Crippen LogP contribution >= 0.6 is 22.6 Å². The van der Waals surface area contributed by atoms with Gasteiger partial charge in [-0.05, 0) is 49.2 Å². The Kier molecular flexibility index (Phi) is 4.33. The largest absolute Gasteiger partial charge is 0.497 e. The summed E-state index contributed by atoms with van der Waals surface area (Å²) in [6.45, 7) is 2.05. The summed E-state index contributed by atoms with van der Waals surface area (Å²) in [7, 11) is 1.61. The van der Waals surface area contributed by atoms with E-state index in [0.29, 0.717) is 12.0 Å². The number of amides is 1. The lowest BCUT2D eigenvalue weighted by Crippen LogP contribution is -2.50. The van der Waals surface area contributed by atoms with Gasteiger partial charge in [-0.25, -0.2) is 0 Å². The Labute approximate surface area is 149 Å². The van der Waals surface area contributed by atoms with Crippen LogP contribution in [0.5, 0.6) is 5.75 Å². The number of rotatable bonds is 2. The van der Waals surface area contributed by atoms with Crippen molar-refractivity contribution in [1.82, 2.24) is 0 Å². The van der Waals surface area contributed by atoms with Crippen LogP contribution in [0.1, 0.15) is 35.3 Å². The van der Waals surface area contributed by atoms with Crippen molar-refractivity contribution in [1.29, 1.82) is 0 Å². The zero-order chi connectivity index (χ0) is 16.6. The van der Waals surface area contributed by atoms with Crippen molar-refractivity contribution in [3.63, 3.8) is 0 Å². The summed E-state index contributed by atoms with van der Waals surface area (Å²) < 4.78 is 4.79. The Balaban J connectivity index is 2.05. The molecule has 2 N–H and O–H groups in total. The predicted octanol–water partition coefficient (Wildman–Crippen LogP) is 3.90. The van der Waals surface area contributed by atoms with Crippen LogP contribution in [0.3, 0.4) is 0 Å². The summed E-state index contributed by atoms with van der Waals surface area (Å²) in [6, 6.07) is 15.0. The minimum atomic E-state index is -0.372. The number of anilines is 1. The number of hydrogen-bond donors (Lipinski definition) is 1. The second-order valence-corrected chi connectivity index (χ2v) is 8.20. The van der Waals surface area contributed by atoms with Gasteiger partial charge in [0.15, 0.2) is 0 Å². The number of hydrogen-bond acceptors (Lipinski definition) is 3. The minimum Gasteiger partial charge on any atom is -0.497 e. The third-order valence-corrected chi connectivity index (χ3v) is 5.10. The Morgan fingerprint density at radius 2 is 1.91 bits per heavy atom. The van der Waals surface area contributed by atoms with Crippen LogP contribution in [0.25, 0.3) is 0 Å². The summed E-state index contributed by atoms with van der Waals surface area (Å²) in [5.41, 5.74) is 8.85. The van der Waals surface area contributed by atoms with Crippen molar-refractivity contribution >= 4 is 34.2 Å². The number of ether oxygens (including phenoxy) is 1. The molecule has 120 valence electrons. The number of para-hydroxylation sites is 1. The molecule has 0 radical (unpaired) electrons. The van der Waals surface area contributed by atoms with Gasteiger partial charge in [0.25, 0.3) is 5.91 Å². The van der Waals surface area contributed by atoms with E-state index in [0.717, 1.165) is 17.0 Å². The number of halogens is 1. The maximum Gasteiger partial charge on any atom is 0.259 e. The first-order valence-corrected chi connectivity index (χ1v) is 8.54. The van der Waals surface area contributed by atoms with E-state index in [9.17, 15) is 4.79 Å². The van der Waals surface area contributed by atoms with Crippen LogP contribution in [-0.4, -0.2) is 16.6 Å². The van der Waals surface area contributed by atoms with E-state index in [4.69, 9.17) is 10.5 Å². The van der Waals surface area contributed by atoms with Gasteiger partial charge in [-0.1, -0.05) is 40.8 Å². The molecule has 2 atom stereocenters. The van der Waals surface area contributed by atoms with Crippen LogP contribution < -0.4 is 15.4 Å². The first-order chi connectivity index (χ1) is 10.9. The highest BCUT2D eigenvalue weighted by Crippen LogP contribution is 2.45. The van der Waals surface area contributed by atoms with Gasteiger partial charge in [0, 0.05) is 11.6 Å². The van der Waals surface area contributed by atoms with Gasteiger partial charge in [-0.2, -0.15) is 0 Å². The van der Waals surface area contributed by atoms with E-state index in [2.05, 4.69) is 22.6 Å². The number of nitrogens with zero attached hydrogens (tertiary/aromatic N) is 1. The maximum absolute atomic E-state index is 13.1. The normalized spacial score (nSPS) is 23.3. The molecule has 2 aromatic rings. The number of methoxy groups -OCH3 is 1. The third kappa shape index (κ3) is 2.95. The minimum absolute atomic E-state index is 0.0242. The quantitative estimate of drug-likeness (QED) is 0.454. The molecule has 0 bridgehead atoms. The predicted molar refractivity (Wildman–Crippen MR) is 100 cm³/mol. The van der Waals surface area contributed by atoms with Crippen LogP contribution in [-0.2, 0) is 0 Å². The van der Waals surface area contributed by atoms with E-state index >= 15 is 0 Å². The first kappa shape index (κ1) is 16.3. The lowest BCUT2D eigenvalue weighted by Gasteiger charge is -2.44. The van der Waals surface area contributed by atoms with E-state index in [-0.39, 0.29) is 15.5 Å². The summed E-state index contributed by atoms with van der Waals surface area (Å²) in [5, 5.41) is 0. The lowest BCUT2D eigenvalue weighted by molar-refractivity contribution is 0.0971. The summed E-state index contributed by atoms with van der Waals surface area (Å²) in [6.07, 6.45) is 0.715. The number of carbonyl (C=O) groups is 1. The first-order valence-electron chi connectivity index (χ1n) is 7.46. The monoisotopic (exact) mass is 422 g/mol. The molecule has 0 saturated carbocycles. The molecule has 23 heavy (non-hydrogen) atoms. The van der Waals surface area contributed by atoms with Crippen molar-refractivity contribution in [3.8, 4) is 5.75 Å². The second kappa shape index (κ2) is 6.13. The summed E-state index contributed by atoms with van der Waals surface area (Å²) >= 11 is 2.32.